The van der Waals surface area contributed by atoms with Gasteiger partial charge in [-0.1, -0.05) is 48.3 Å². The number of nitrogens with zero attached hydrogens (tertiary/aromatic N) is 2. The van der Waals surface area contributed by atoms with E-state index < -0.39 is 51.9 Å². The molecule has 0 aliphatic carbocycles. The topological polar surface area (TPSA) is 86.8 Å². The van der Waals surface area contributed by atoms with Gasteiger partial charge in [0.2, 0.25) is 21.8 Å². The van der Waals surface area contributed by atoms with E-state index in [4.69, 9.17) is 23.2 Å². The van der Waals surface area contributed by atoms with Gasteiger partial charge in [0.25, 0.3) is 0 Å². The molecule has 2 aromatic carbocycles. The number of hydrogen-bond acceptors (Lipinski definition) is 4. The molecule has 0 saturated carbocycles. The zero-order chi connectivity index (χ0) is 26.6. The van der Waals surface area contributed by atoms with E-state index in [0.29, 0.717) is 27.0 Å². The number of halogens is 5. The van der Waals surface area contributed by atoms with E-state index in [1.54, 1.807) is 31.2 Å². The Morgan fingerprint density at radius 3 is 2.23 bits per heavy atom. The first kappa shape index (κ1) is 28.7. The Morgan fingerprint density at radius 2 is 1.71 bits per heavy atom. The highest BCUT2D eigenvalue weighted by molar-refractivity contribution is 7.92. The number of rotatable bonds is 9. The number of amides is 2. The molecule has 2 amide bonds. The second kappa shape index (κ2) is 11.5. The fourth-order valence-corrected chi connectivity index (χ4v) is 4.69. The number of likely N-dealkylation sites (N-methyl/N-ethyl adjacent to an activating group) is 1. The summed E-state index contributed by atoms with van der Waals surface area (Å²) < 4.78 is 65.4. The minimum atomic E-state index is -4.77. The molecule has 7 nitrogen and oxygen atoms in total. The molecule has 0 aliphatic rings. The SMILES string of the molecule is CCC(C(=O)NC)N(Cc1ccccc1Cl)C(=O)CN(c1cc(C(F)(F)F)ccc1Cl)S(C)(=O)=O. The summed E-state index contributed by atoms with van der Waals surface area (Å²) in [6, 6.07) is 7.75. The standard InChI is InChI=1S/C22H24Cl2F3N3O4S/c1-4-18(21(32)28-2)29(12-14-7-5-6-8-16(14)23)20(31)13-30(35(3,33)34)19-11-15(22(25,26)27)9-10-17(19)24/h5-11,18H,4,12-13H2,1-3H3,(H,28,32). The molecule has 0 heterocycles. The van der Waals surface area contributed by atoms with Gasteiger partial charge in [-0.15, -0.1) is 0 Å². The van der Waals surface area contributed by atoms with Gasteiger partial charge in [-0.2, -0.15) is 13.2 Å². The molecule has 0 radical (unpaired) electrons. The minimum Gasteiger partial charge on any atom is -0.357 e. The van der Waals surface area contributed by atoms with E-state index in [1.165, 1.54) is 7.05 Å². The highest BCUT2D eigenvalue weighted by Gasteiger charge is 2.35. The molecule has 1 unspecified atom stereocenters. The van der Waals surface area contributed by atoms with Gasteiger partial charge in [-0.05, 0) is 36.2 Å². The lowest BCUT2D eigenvalue weighted by atomic mass is 10.1. The molecule has 0 bridgehead atoms. The van der Waals surface area contributed by atoms with Crippen LogP contribution in [0.4, 0.5) is 18.9 Å². The molecular weight excluding hydrogens is 530 g/mol. The molecule has 0 spiro atoms. The molecule has 13 heteroatoms. The van der Waals surface area contributed by atoms with E-state index in [2.05, 4.69) is 5.32 Å². The summed E-state index contributed by atoms with van der Waals surface area (Å²) in [5, 5.41) is 2.48. The van der Waals surface area contributed by atoms with Crippen molar-refractivity contribution >= 4 is 50.7 Å². The molecular formula is C22H24Cl2F3N3O4S. The molecule has 0 aromatic heterocycles. The summed E-state index contributed by atoms with van der Waals surface area (Å²) in [4.78, 5) is 27.1. The van der Waals surface area contributed by atoms with Crippen LogP contribution < -0.4 is 9.62 Å². The summed E-state index contributed by atoms with van der Waals surface area (Å²) in [6.07, 6.45) is -3.85. The van der Waals surface area contributed by atoms with Crippen LogP contribution in [0.2, 0.25) is 10.0 Å². The molecule has 35 heavy (non-hydrogen) atoms. The first-order chi connectivity index (χ1) is 16.2. The summed E-state index contributed by atoms with van der Waals surface area (Å²) in [7, 11) is -2.88. The van der Waals surface area contributed by atoms with Crippen LogP contribution in [0.25, 0.3) is 0 Å². The molecule has 1 atom stereocenters. The largest absolute Gasteiger partial charge is 0.416 e. The third-order valence-electron chi connectivity index (χ3n) is 5.15. The van der Waals surface area contributed by atoms with Gasteiger partial charge < -0.3 is 10.2 Å². The highest BCUT2D eigenvalue weighted by atomic mass is 35.5. The van der Waals surface area contributed by atoms with Crippen LogP contribution in [0.3, 0.4) is 0 Å². The van der Waals surface area contributed by atoms with Gasteiger partial charge in [-0.3, -0.25) is 13.9 Å². The second-order valence-electron chi connectivity index (χ2n) is 7.58. The van der Waals surface area contributed by atoms with Crippen LogP contribution >= 0.6 is 23.2 Å². The summed E-state index contributed by atoms with van der Waals surface area (Å²) >= 11 is 12.3. The summed E-state index contributed by atoms with van der Waals surface area (Å²) in [6.45, 7) is 0.626. The average Bonchev–Trinajstić information content (AvgIpc) is 2.77. The predicted octanol–water partition coefficient (Wildman–Crippen LogP) is 4.33. The molecule has 0 aliphatic heterocycles. The number of anilines is 1. The molecule has 0 fully saturated rings. The third kappa shape index (κ3) is 7.25. The first-order valence-electron chi connectivity index (χ1n) is 10.3. The van der Waals surface area contributed by atoms with Crippen LogP contribution in [-0.2, 0) is 32.3 Å². The molecule has 192 valence electrons. The Morgan fingerprint density at radius 1 is 1.09 bits per heavy atom. The first-order valence-corrected chi connectivity index (χ1v) is 12.9. The minimum absolute atomic E-state index is 0.141. The van der Waals surface area contributed by atoms with Crippen molar-refractivity contribution in [3.63, 3.8) is 0 Å². The Bertz CT molecular complexity index is 1190. The monoisotopic (exact) mass is 553 g/mol. The van der Waals surface area contributed by atoms with Crippen molar-refractivity contribution in [1.82, 2.24) is 10.2 Å². The predicted molar refractivity (Wildman–Crippen MR) is 129 cm³/mol. The maximum atomic E-state index is 13.4. The molecule has 2 aromatic rings. The lowest BCUT2D eigenvalue weighted by Gasteiger charge is -2.33. The molecule has 2 rings (SSSR count). The Balaban J connectivity index is 2.55. The maximum Gasteiger partial charge on any atom is 0.416 e. The van der Waals surface area contributed by atoms with Gasteiger partial charge in [0.1, 0.15) is 12.6 Å². The van der Waals surface area contributed by atoms with E-state index in [0.717, 1.165) is 17.2 Å². The van der Waals surface area contributed by atoms with Gasteiger partial charge >= 0.3 is 6.18 Å². The maximum absolute atomic E-state index is 13.4. The fourth-order valence-electron chi connectivity index (χ4n) is 3.37. The Hall–Kier alpha value is -2.50. The van der Waals surface area contributed by atoms with Crippen molar-refractivity contribution in [2.45, 2.75) is 32.1 Å². The quantitative estimate of drug-likeness (QED) is 0.500. The zero-order valence-corrected chi connectivity index (χ0v) is 21.4. The van der Waals surface area contributed by atoms with Crippen molar-refractivity contribution < 1.29 is 31.2 Å². The third-order valence-corrected chi connectivity index (χ3v) is 6.97. The van der Waals surface area contributed by atoms with Gasteiger partial charge in [-0.25, -0.2) is 8.42 Å². The lowest BCUT2D eigenvalue weighted by Crippen LogP contribution is -2.51. The van der Waals surface area contributed by atoms with E-state index in [1.807, 2.05) is 0 Å². The Labute approximate surface area is 211 Å². The number of nitrogens with one attached hydrogen (secondary N) is 1. The van der Waals surface area contributed by atoms with Gasteiger partial charge in [0, 0.05) is 18.6 Å². The van der Waals surface area contributed by atoms with Crippen LogP contribution in [-0.4, -0.2) is 51.0 Å². The summed E-state index contributed by atoms with van der Waals surface area (Å²) in [5.74, 6) is -1.34. The fraction of sp³-hybridized carbons (Fsp3) is 0.364. The second-order valence-corrected chi connectivity index (χ2v) is 10.3. The zero-order valence-electron chi connectivity index (χ0n) is 19.1. The number of carbonyl (C=O) groups is 2. The number of alkyl halides is 3. The number of benzene rings is 2. The number of carbonyl (C=O) groups excluding carboxylic acids is 2. The van der Waals surface area contributed by atoms with Crippen molar-refractivity contribution in [1.29, 1.82) is 0 Å². The van der Waals surface area contributed by atoms with Gasteiger partial charge in [0.15, 0.2) is 0 Å². The Kier molecular flexibility index (Phi) is 9.43. The highest BCUT2D eigenvalue weighted by Crippen LogP contribution is 2.36. The van der Waals surface area contributed by atoms with Crippen LogP contribution in [0.5, 0.6) is 0 Å². The van der Waals surface area contributed by atoms with Crippen LogP contribution in [0.1, 0.15) is 24.5 Å². The summed E-state index contributed by atoms with van der Waals surface area (Å²) in [5.41, 5.74) is -1.15. The normalized spacial score (nSPS) is 12.7. The van der Waals surface area contributed by atoms with Crippen molar-refractivity contribution in [3.05, 3.63) is 63.6 Å². The molecule has 0 saturated heterocycles. The molecule has 1 N–H and O–H groups in total. The van der Waals surface area contributed by atoms with Gasteiger partial charge in [0.05, 0.1) is 22.5 Å². The van der Waals surface area contributed by atoms with E-state index in [-0.39, 0.29) is 18.0 Å². The average molecular weight is 554 g/mol. The van der Waals surface area contributed by atoms with Crippen LogP contribution in [0, 0.1) is 0 Å². The van der Waals surface area contributed by atoms with Crippen LogP contribution in [0.15, 0.2) is 42.5 Å². The van der Waals surface area contributed by atoms with Crippen molar-refractivity contribution in [3.8, 4) is 0 Å². The van der Waals surface area contributed by atoms with E-state index >= 15 is 0 Å². The number of hydrogen-bond donors (Lipinski definition) is 1. The van der Waals surface area contributed by atoms with Crippen molar-refractivity contribution in [2.75, 3.05) is 24.2 Å². The van der Waals surface area contributed by atoms with Crippen molar-refractivity contribution in [2.24, 2.45) is 0 Å². The lowest BCUT2D eigenvalue weighted by molar-refractivity contribution is -0.140. The van der Waals surface area contributed by atoms with E-state index in [9.17, 15) is 31.2 Å². The number of sulfonamides is 1. The smallest absolute Gasteiger partial charge is 0.357 e.